The molecule has 0 saturated carbocycles. The summed E-state index contributed by atoms with van der Waals surface area (Å²) < 4.78 is 0. The van der Waals surface area contributed by atoms with Crippen LogP contribution >= 0.6 is 46.7 Å². The van der Waals surface area contributed by atoms with Crippen LogP contribution in [-0.2, 0) is 0 Å². The first-order valence-electron chi connectivity index (χ1n) is 7.05. The van der Waals surface area contributed by atoms with Crippen LogP contribution in [0.25, 0.3) is 0 Å². The third kappa shape index (κ3) is 4.49. The van der Waals surface area contributed by atoms with Gasteiger partial charge < -0.3 is 0 Å². The topological polar surface area (TPSA) is 23.8 Å². The molecule has 3 rings (SSSR count). The van der Waals surface area contributed by atoms with Crippen molar-refractivity contribution < 1.29 is 0 Å². The van der Waals surface area contributed by atoms with Crippen LogP contribution in [0.3, 0.4) is 0 Å². The van der Waals surface area contributed by atoms with E-state index >= 15 is 0 Å². The van der Waals surface area contributed by atoms with Crippen LogP contribution in [0.5, 0.6) is 0 Å². The number of nitriles is 1. The Bertz CT molecular complexity index is 885. The average Bonchev–Trinajstić information content (AvgIpc) is 2.60. The normalized spacial score (nSPS) is 10.4. The van der Waals surface area contributed by atoms with Crippen LogP contribution in [0.1, 0.15) is 5.56 Å². The molecule has 0 aliphatic heterocycles. The van der Waals surface area contributed by atoms with Gasteiger partial charge in [-0.15, -0.1) is 0 Å². The summed E-state index contributed by atoms with van der Waals surface area (Å²) in [5.41, 5.74) is 0.661. The highest BCUT2D eigenvalue weighted by Gasteiger charge is 2.07. The van der Waals surface area contributed by atoms with Gasteiger partial charge in [0.05, 0.1) is 5.56 Å². The Morgan fingerprint density at radius 2 is 1.17 bits per heavy atom. The molecule has 3 aromatic rings. The Morgan fingerprint density at radius 3 is 1.71 bits per heavy atom. The van der Waals surface area contributed by atoms with Crippen LogP contribution in [0.4, 0.5) is 0 Å². The highest BCUT2D eigenvalue weighted by atomic mass is 35.5. The molecule has 0 fully saturated rings. The van der Waals surface area contributed by atoms with E-state index < -0.39 is 0 Å². The maximum atomic E-state index is 9.46. The summed E-state index contributed by atoms with van der Waals surface area (Å²) in [6.07, 6.45) is 0. The van der Waals surface area contributed by atoms with Crippen molar-refractivity contribution in [2.75, 3.05) is 0 Å². The molecule has 0 spiro atoms. The van der Waals surface area contributed by atoms with E-state index in [0.29, 0.717) is 15.6 Å². The van der Waals surface area contributed by atoms with Crippen LogP contribution in [-0.4, -0.2) is 0 Å². The van der Waals surface area contributed by atoms with Gasteiger partial charge in [-0.3, -0.25) is 0 Å². The summed E-state index contributed by atoms with van der Waals surface area (Å²) in [4.78, 5) is 4.09. The van der Waals surface area contributed by atoms with Gasteiger partial charge in [0.15, 0.2) is 0 Å². The molecule has 0 aliphatic rings. The first-order chi connectivity index (χ1) is 11.6. The number of nitrogens with zero attached hydrogens (tertiary/aromatic N) is 1. The van der Waals surface area contributed by atoms with Gasteiger partial charge in [-0.05, 0) is 66.7 Å². The Hall–Kier alpha value is -1.57. The molecule has 0 N–H and O–H groups in total. The van der Waals surface area contributed by atoms with Crippen molar-refractivity contribution in [2.24, 2.45) is 0 Å². The van der Waals surface area contributed by atoms with Gasteiger partial charge in [-0.25, -0.2) is 0 Å². The predicted molar refractivity (Wildman–Crippen MR) is 102 cm³/mol. The second-order valence-electron chi connectivity index (χ2n) is 4.88. The Morgan fingerprint density at radius 1 is 0.667 bits per heavy atom. The molecule has 1 nitrogen and oxygen atoms in total. The second-order valence-corrected chi connectivity index (χ2v) is 8.02. The van der Waals surface area contributed by atoms with E-state index in [9.17, 15) is 5.26 Å². The lowest BCUT2D eigenvalue weighted by molar-refractivity contribution is 1.28. The van der Waals surface area contributed by atoms with Gasteiger partial charge in [0.1, 0.15) is 6.07 Å². The molecule has 0 aromatic heterocycles. The summed E-state index contributed by atoms with van der Waals surface area (Å²) in [5, 5.41) is 10.9. The molecule has 0 saturated heterocycles. The maximum absolute atomic E-state index is 9.46. The monoisotopic (exact) mass is 387 g/mol. The minimum atomic E-state index is 0.661. The molecule has 0 heterocycles. The Labute approximate surface area is 159 Å². The molecule has 118 valence electrons. The van der Waals surface area contributed by atoms with E-state index in [2.05, 4.69) is 6.07 Å². The largest absolute Gasteiger partial charge is 0.192 e. The number of benzene rings is 3. The zero-order valence-electron chi connectivity index (χ0n) is 12.4. The van der Waals surface area contributed by atoms with Gasteiger partial charge in [-0.1, -0.05) is 46.7 Å². The highest BCUT2D eigenvalue weighted by Crippen LogP contribution is 2.35. The summed E-state index contributed by atoms with van der Waals surface area (Å²) in [6.45, 7) is 0. The van der Waals surface area contributed by atoms with E-state index in [1.807, 2.05) is 66.7 Å². The molecule has 0 unspecified atom stereocenters. The van der Waals surface area contributed by atoms with E-state index in [1.54, 1.807) is 23.5 Å². The lowest BCUT2D eigenvalue weighted by Gasteiger charge is -2.07. The van der Waals surface area contributed by atoms with Crippen LogP contribution < -0.4 is 0 Å². The molecule has 0 amide bonds. The molecular formula is C19H11Cl2NS2. The number of halogens is 2. The summed E-state index contributed by atoms with van der Waals surface area (Å²) in [7, 11) is 0. The first kappa shape index (κ1) is 17.3. The first-order valence-corrected chi connectivity index (χ1v) is 9.44. The number of hydrogen-bond acceptors (Lipinski definition) is 3. The van der Waals surface area contributed by atoms with Crippen LogP contribution in [0.2, 0.25) is 10.0 Å². The third-order valence-corrected chi connectivity index (χ3v) is 5.75. The van der Waals surface area contributed by atoms with Crippen molar-refractivity contribution in [3.63, 3.8) is 0 Å². The van der Waals surface area contributed by atoms with Gasteiger partial charge in [-0.2, -0.15) is 5.26 Å². The fourth-order valence-electron chi connectivity index (χ4n) is 2.02. The van der Waals surface area contributed by atoms with Crippen molar-refractivity contribution in [1.82, 2.24) is 0 Å². The minimum absolute atomic E-state index is 0.661. The van der Waals surface area contributed by atoms with Gasteiger partial charge >= 0.3 is 0 Å². The smallest absolute Gasteiger partial charge is 0.100 e. The predicted octanol–water partition coefficient (Wildman–Crippen LogP) is 7.17. The lowest BCUT2D eigenvalue weighted by atomic mass is 10.2. The van der Waals surface area contributed by atoms with E-state index in [-0.39, 0.29) is 0 Å². The molecule has 0 radical (unpaired) electrons. The maximum Gasteiger partial charge on any atom is 0.100 e. The zero-order valence-corrected chi connectivity index (χ0v) is 15.5. The third-order valence-electron chi connectivity index (χ3n) is 3.16. The van der Waals surface area contributed by atoms with Gasteiger partial charge in [0.2, 0.25) is 0 Å². The van der Waals surface area contributed by atoms with Crippen LogP contribution in [0, 0.1) is 11.3 Å². The van der Waals surface area contributed by atoms with Gasteiger partial charge in [0, 0.05) is 29.6 Å². The fourth-order valence-corrected chi connectivity index (χ4v) is 4.00. The van der Waals surface area contributed by atoms with Crippen molar-refractivity contribution in [3.8, 4) is 6.07 Å². The standard InChI is InChI=1S/C19H11Cl2NS2/c20-14-1-5-16(6-2-14)23-18-9-10-19(13(11-18)12-22)24-17-7-3-15(21)4-8-17/h1-11H. The van der Waals surface area contributed by atoms with Crippen molar-refractivity contribution in [2.45, 2.75) is 19.6 Å². The Kier molecular flexibility index (Phi) is 5.76. The lowest BCUT2D eigenvalue weighted by Crippen LogP contribution is -1.83. The summed E-state index contributed by atoms with van der Waals surface area (Å²) >= 11 is 15.0. The van der Waals surface area contributed by atoms with E-state index in [0.717, 1.165) is 19.6 Å². The van der Waals surface area contributed by atoms with Crippen molar-refractivity contribution in [3.05, 3.63) is 82.3 Å². The highest BCUT2D eigenvalue weighted by molar-refractivity contribution is 7.99. The fraction of sp³-hybridized carbons (Fsp3) is 0. The van der Waals surface area contributed by atoms with Gasteiger partial charge in [0.25, 0.3) is 0 Å². The number of hydrogen-bond donors (Lipinski definition) is 0. The van der Waals surface area contributed by atoms with Crippen molar-refractivity contribution >= 4 is 46.7 Å². The molecule has 0 aliphatic carbocycles. The zero-order chi connectivity index (χ0) is 16.9. The van der Waals surface area contributed by atoms with Crippen molar-refractivity contribution in [1.29, 1.82) is 5.26 Å². The molecule has 0 atom stereocenters. The molecule has 0 bridgehead atoms. The van der Waals surface area contributed by atoms with Crippen LogP contribution in [0.15, 0.2) is 86.3 Å². The molecular weight excluding hydrogens is 377 g/mol. The SMILES string of the molecule is N#Cc1cc(Sc2ccc(Cl)cc2)ccc1Sc1ccc(Cl)cc1. The molecule has 24 heavy (non-hydrogen) atoms. The molecule has 3 aromatic carbocycles. The second kappa shape index (κ2) is 8.00. The minimum Gasteiger partial charge on any atom is -0.192 e. The van der Waals surface area contributed by atoms with E-state index in [1.165, 1.54) is 0 Å². The number of rotatable bonds is 4. The summed E-state index contributed by atoms with van der Waals surface area (Å²) in [6, 6.07) is 23.5. The Balaban J connectivity index is 1.81. The molecule has 5 heteroatoms. The van der Waals surface area contributed by atoms with E-state index in [4.69, 9.17) is 23.2 Å². The quantitative estimate of drug-likeness (QED) is 0.473. The summed E-state index contributed by atoms with van der Waals surface area (Å²) in [5.74, 6) is 0. The average molecular weight is 388 g/mol.